The predicted octanol–water partition coefficient (Wildman–Crippen LogP) is 4.98. The molecule has 0 heterocycles. The van der Waals surface area contributed by atoms with E-state index in [-0.39, 0.29) is 29.6 Å². The fraction of sp³-hybridized carbons (Fsp3) is 0.174. The molecular weight excluding hydrogens is 406 g/mol. The molecule has 150 valence electrons. The lowest BCUT2D eigenvalue weighted by atomic mass is 9.92. The molecule has 1 N–H and O–H groups in total. The van der Waals surface area contributed by atoms with E-state index in [1.807, 2.05) is 31.2 Å². The van der Waals surface area contributed by atoms with Gasteiger partial charge in [0, 0.05) is 29.5 Å². The molecule has 0 saturated heterocycles. The Hall–Kier alpha value is -2.47. The standard InChI is InChI=1S/C23H22ClNO3S/c1-17-10-12-22(13-11-17)29(27,28)25-16-20(19-8-5-9-21(24)14-19)15-23(26)18-6-3-2-4-7-18/h2-14,20,25H,15-16H2,1H3. The van der Waals surface area contributed by atoms with Crippen LogP contribution in [0.25, 0.3) is 0 Å². The number of carbonyl (C=O) groups excluding carboxylic acids is 1. The number of Topliss-reactive ketones (excluding diaryl/α,β-unsaturated/α-hetero) is 1. The summed E-state index contributed by atoms with van der Waals surface area (Å²) in [7, 11) is -3.68. The van der Waals surface area contributed by atoms with Crippen LogP contribution in [0.15, 0.2) is 83.8 Å². The molecule has 0 saturated carbocycles. The van der Waals surface area contributed by atoms with Gasteiger partial charge in [0.1, 0.15) is 0 Å². The van der Waals surface area contributed by atoms with Crippen molar-refractivity contribution in [3.8, 4) is 0 Å². The third-order valence-electron chi connectivity index (χ3n) is 4.70. The molecule has 1 atom stereocenters. The van der Waals surface area contributed by atoms with Gasteiger partial charge in [0.15, 0.2) is 5.78 Å². The quantitative estimate of drug-likeness (QED) is 0.515. The van der Waals surface area contributed by atoms with Crippen LogP contribution in [0.2, 0.25) is 5.02 Å². The number of nitrogens with one attached hydrogen (secondary N) is 1. The van der Waals surface area contributed by atoms with Crippen LogP contribution in [0.5, 0.6) is 0 Å². The highest BCUT2D eigenvalue weighted by Gasteiger charge is 2.21. The Morgan fingerprint density at radius 1 is 0.966 bits per heavy atom. The average molecular weight is 428 g/mol. The molecule has 0 spiro atoms. The van der Waals surface area contributed by atoms with E-state index in [0.717, 1.165) is 11.1 Å². The number of aryl methyl sites for hydroxylation is 1. The van der Waals surface area contributed by atoms with Crippen LogP contribution in [0, 0.1) is 6.92 Å². The van der Waals surface area contributed by atoms with Gasteiger partial charge in [0.25, 0.3) is 0 Å². The van der Waals surface area contributed by atoms with E-state index in [4.69, 9.17) is 11.6 Å². The minimum atomic E-state index is -3.68. The van der Waals surface area contributed by atoms with Gasteiger partial charge in [-0.25, -0.2) is 13.1 Å². The zero-order valence-corrected chi connectivity index (χ0v) is 17.6. The SMILES string of the molecule is Cc1ccc(S(=O)(=O)NCC(CC(=O)c2ccccc2)c2cccc(Cl)c2)cc1. The summed E-state index contributed by atoms with van der Waals surface area (Å²) in [5.41, 5.74) is 2.39. The molecule has 6 heteroatoms. The fourth-order valence-electron chi connectivity index (χ4n) is 3.05. The third-order valence-corrected chi connectivity index (χ3v) is 6.37. The van der Waals surface area contributed by atoms with Gasteiger partial charge >= 0.3 is 0 Å². The number of halogens is 1. The monoisotopic (exact) mass is 427 g/mol. The van der Waals surface area contributed by atoms with Crippen molar-refractivity contribution in [2.45, 2.75) is 24.2 Å². The summed E-state index contributed by atoms with van der Waals surface area (Å²) >= 11 is 6.12. The maximum Gasteiger partial charge on any atom is 0.240 e. The molecule has 0 amide bonds. The lowest BCUT2D eigenvalue weighted by Crippen LogP contribution is -2.29. The van der Waals surface area contributed by atoms with Gasteiger partial charge in [-0.2, -0.15) is 0 Å². The van der Waals surface area contributed by atoms with Crippen LogP contribution in [0.4, 0.5) is 0 Å². The van der Waals surface area contributed by atoms with Crippen LogP contribution in [0.1, 0.15) is 33.8 Å². The molecule has 0 aromatic heterocycles. The van der Waals surface area contributed by atoms with Gasteiger partial charge in [-0.05, 0) is 36.8 Å². The van der Waals surface area contributed by atoms with Gasteiger partial charge in [-0.3, -0.25) is 4.79 Å². The van der Waals surface area contributed by atoms with Crippen molar-refractivity contribution in [3.63, 3.8) is 0 Å². The van der Waals surface area contributed by atoms with Crippen molar-refractivity contribution >= 4 is 27.4 Å². The molecule has 0 aliphatic carbocycles. The second kappa shape index (κ2) is 9.35. The number of rotatable bonds is 8. The Morgan fingerprint density at radius 2 is 1.66 bits per heavy atom. The van der Waals surface area contributed by atoms with E-state index in [9.17, 15) is 13.2 Å². The zero-order valence-electron chi connectivity index (χ0n) is 16.0. The number of ketones is 1. The average Bonchev–Trinajstić information content (AvgIpc) is 2.72. The van der Waals surface area contributed by atoms with Gasteiger partial charge in [-0.1, -0.05) is 71.8 Å². The lowest BCUT2D eigenvalue weighted by molar-refractivity contribution is 0.0973. The summed E-state index contributed by atoms with van der Waals surface area (Å²) in [6.45, 7) is 1.99. The molecule has 0 aliphatic heterocycles. The minimum Gasteiger partial charge on any atom is -0.294 e. The first-order valence-electron chi connectivity index (χ1n) is 9.25. The molecule has 0 fully saturated rings. The highest BCUT2D eigenvalue weighted by molar-refractivity contribution is 7.89. The highest BCUT2D eigenvalue weighted by atomic mass is 35.5. The second-order valence-corrected chi connectivity index (χ2v) is 9.11. The summed E-state index contributed by atoms with van der Waals surface area (Å²) in [6, 6.07) is 22.8. The Morgan fingerprint density at radius 3 is 2.31 bits per heavy atom. The molecule has 1 unspecified atom stereocenters. The van der Waals surface area contributed by atoms with Crippen LogP contribution >= 0.6 is 11.6 Å². The summed E-state index contributed by atoms with van der Waals surface area (Å²) in [5.74, 6) is -0.397. The van der Waals surface area contributed by atoms with Gasteiger partial charge < -0.3 is 0 Å². The van der Waals surface area contributed by atoms with Crippen LogP contribution in [-0.4, -0.2) is 20.7 Å². The number of sulfonamides is 1. The molecule has 0 aliphatic rings. The summed E-state index contributed by atoms with van der Waals surface area (Å²) in [5, 5.41) is 0.543. The molecule has 3 rings (SSSR count). The van der Waals surface area contributed by atoms with Crippen molar-refractivity contribution in [3.05, 3.63) is 101 Å². The van der Waals surface area contributed by atoms with Crippen LogP contribution in [0.3, 0.4) is 0 Å². The number of carbonyl (C=O) groups is 1. The molecule has 0 bridgehead atoms. The first-order chi connectivity index (χ1) is 13.8. The van der Waals surface area contributed by atoms with Crippen molar-refractivity contribution in [2.75, 3.05) is 6.54 Å². The van der Waals surface area contributed by atoms with Crippen molar-refractivity contribution < 1.29 is 13.2 Å². The summed E-state index contributed by atoms with van der Waals surface area (Å²) in [6.07, 6.45) is 0.167. The van der Waals surface area contributed by atoms with Gasteiger partial charge in [0.2, 0.25) is 10.0 Å². The predicted molar refractivity (Wildman–Crippen MR) is 116 cm³/mol. The first-order valence-corrected chi connectivity index (χ1v) is 11.1. The summed E-state index contributed by atoms with van der Waals surface area (Å²) < 4.78 is 28.0. The molecular formula is C23H22ClNO3S. The molecule has 3 aromatic rings. The Balaban J connectivity index is 1.81. The smallest absolute Gasteiger partial charge is 0.240 e. The van der Waals surface area contributed by atoms with Crippen molar-refractivity contribution in [1.29, 1.82) is 0 Å². The summed E-state index contributed by atoms with van der Waals surface area (Å²) in [4.78, 5) is 12.9. The van der Waals surface area contributed by atoms with Gasteiger partial charge in [0.05, 0.1) is 4.90 Å². The number of hydrogen-bond acceptors (Lipinski definition) is 3. The minimum absolute atomic E-state index is 0.0508. The Bertz CT molecular complexity index is 1080. The number of hydrogen-bond donors (Lipinski definition) is 1. The molecule has 4 nitrogen and oxygen atoms in total. The maximum absolute atomic E-state index is 12.7. The molecule has 0 radical (unpaired) electrons. The Labute approximate surface area is 176 Å². The first kappa shape index (κ1) is 21.2. The number of benzene rings is 3. The van der Waals surface area contributed by atoms with E-state index in [2.05, 4.69) is 4.72 Å². The van der Waals surface area contributed by atoms with E-state index >= 15 is 0 Å². The van der Waals surface area contributed by atoms with E-state index in [1.54, 1.807) is 54.6 Å². The van der Waals surface area contributed by atoms with E-state index in [0.29, 0.717) is 10.6 Å². The van der Waals surface area contributed by atoms with E-state index < -0.39 is 10.0 Å². The normalized spacial score (nSPS) is 12.5. The molecule has 29 heavy (non-hydrogen) atoms. The fourth-order valence-corrected chi connectivity index (χ4v) is 4.33. The largest absolute Gasteiger partial charge is 0.294 e. The Kier molecular flexibility index (Phi) is 6.85. The topological polar surface area (TPSA) is 63.2 Å². The maximum atomic E-state index is 12.7. The molecule has 3 aromatic carbocycles. The van der Waals surface area contributed by atoms with Crippen LogP contribution in [-0.2, 0) is 10.0 Å². The van der Waals surface area contributed by atoms with E-state index in [1.165, 1.54) is 0 Å². The van der Waals surface area contributed by atoms with Crippen molar-refractivity contribution in [1.82, 2.24) is 4.72 Å². The third kappa shape index (κ3) is 5.76. The van der Waals surface area contributed by atoms with Crippen molar-refractivity contribution in [2.24, 2.45) is 0 Å². The zero-order chi connectivity index (χ0) is 20.9. The second-order valence-electron chi connectivity index (χ2n) is 6.91. The lowest BCUT2D eigenvalue weighted by Gasteiger charge is -2.18. The van der Waals surface area contributed by atoms with Gasteiger partial charge in [-0.15, -0.1) is 0 Å². The highest BCUT2D eigenvalue weighted by Crippen LogP contribution is 2.25. The van der Waals surface area contributed by atoms with Crippen LogP contribution < -0.4 is 4.72 Å².